The molecule has 2 aliphatic carbocycles. The van der Waals surface area contributed by atoms with E-state index in [9.17, 15) is 0 Å². The molecule has 1 aliphatic heterocycles. The van der Waals surface area contributed by atoms with Crippen molar-refractivity contribution in [2.45, 2.75) is 12.3 Å². The van der Waals surface area contributed by atoms with E-state index in [2.05, 4.69) is 151 Å². The topological polar surface area (TPSA) is 21.7 Å². The van der Waals surface area contributed by atoms with E-state index in [0.29, 0.717) is 11.5 Å². The summed E-state index contributed by atoms with van der Waals surface area (Å²) in [5.41, 5.74) is 13.7. The lowest BCUT2D eigenvalue weighted by Crippen LogP contribution is -2.25. The maximum absolute atomic E-state index is 7.18. The second-order valence-electron chi connectivity index (χ2n) is 12.5. The number of benzene rings is 7. The predicted octanol–water partition coefficient (Wildman–Crippen LogP) is 11.7. The predicted molar refractivity (Wildman–Crippen MR) is 189 cm³/mol. The van der Waals surface area contributed by atoms with Gasteiger partial charge in [-0.3, -0.25) is 0 Å². The number of hydrogen-bond donors (Lipinski definition) is 0. The van der Waals surface area contributed by atoms with Crippen molar-refractivity contribution < 1.29 is 9.47 Å². The van der Waals surface area contributed by atoms with Crippen molar-refractivity contribution >= 4 is 17.1 Å². The van der Waals surface area contributed by atoms with Crippen LogP contribution in [0.1, 0.15) is 27.8 Å². The first-order chi connectivity index (χ1) is 23.2. The summed E-state index contributed by atoms with van der Waals surface area (Å²) in [6.07, 6.45) is 0. The number of nitrogens with zero attached hydrogens (tertiary/aromatic N) is 1. The molecule has 3 nitrogen and oxygen atoms in total. The SMILES string of the molecule is Cc1ccccc1N(c1ccccc1)c1cccc2c1Oc1c(ccc3c1-c1ccccc1C31c3ccccc3-c3ccccc31)O2. The van der Waals surface area contributed by atoms with Crippen LogP contribution in [0.25, 0.3) is 22.3 Å². The third-order valence-corrected chi connectivity index (χ3v) is 10.1. The Morgan fingerprint density at radius 2 is 1.00 bits per heavy atom. The van der Waals surface area contributed by atoms with Gasteiger partial charge in [0.1, 0.15) is 0 Å². The summed E-state index contributed by atoms with van der Waals surface area (Å²) < 4.78 is 13.9. The Labute approximate surface area is 273 Å². The summed E-state index contributed by atoms with van der Waals surface area (Å²) in [6, 6.07) is 56.0. The quantitative estimate of drug-likeness (QED) is 0.201. The lowest BCUT2D eigenvalue weighted by atomic mass is 9.70. The molecule has 0 bridgehead atoms. The van der Waals surface area contributed by atoms with E-state index in [4.69, 9.17) is 9.47 Å². The number of anilines is 3. The van der Waals surface area contributed by atoms with Gasteiger partial charge in [-0.1, -0.05) is 121 Å². The molecule has 0 N–H and O–H groups in total. The highest BCUT2D eigenvalue weighted by molar-refractivity contribution is 5.98. The van der Waals surface area contributed by atoms with Crippen LogP contribution in [0, 0.1) is 6.92 Å². The van der Waals surface area contributed by atoms with E-state index in [1.165, 1.54) is 44.5 Å². The molecule has 47 heavy (non-hydrogen) atoms. The minimum atomic E-state index is -0.450. The molecule has 222 valence electrons. The molecule has 0 saturated carbocycles. The van der Waals surface area contributed by atoms with Crippen molar-refractivity contribution in [2.75, 3.05) is 4.90 Å². The number of ether oxygens (including phenoxy) is 2. The number of fused-ring (bicyclic) bond motifs is 13. The monoisotopic (exact) mass is 603 g/mol. The third kappa shape index (κ3) is 3.46. The molecular weight excluding hydrogens is 574 g/mol. The highest BCUT2D eigenvalue weighted by Gasteiger charge is 2.53. The summed E-state index contributed by atoms with van der Waals surface area (Å²) in [5.74, 6) is 2.88. The number of rotatable bonds is 3. The Kier molecular flexibility index (Phi) is 5.41. The van der Waals surface area contributed by atoms with Gasteiger partial charge in [-0.2, -0.15) is 0 Å². The maximum Gasteiger partial charge on any atom is 0.194 e. The molecule has 0 unspecified atom stereocenters. The van der Waals surface area contributed by atoms with Crippen molar-refractivity contribution in [3.63, 3.8) is 0 Å². The van der Waals surface area contributed by atoms with Gasteiger partial charge in [0.2, 0.25) is 0 Å². The molecule has 0 fully saturated rings. The Hall–Kier alpha value is -6.06. The molecule has 0 atom stereocenters. The van der Waals surface area contributed by atoms with Gasteiger partial charge in [0, 0.05) is 16.9 Å². The van der Waals surface area contributed by atoms with Crippen LogP contribution < -0.4 is 14.4 Å². The fraction of sp³-hybridized carbons (Fsp3) is 0.0455. The standard InChI is InChI=1S/C44H29NO2/c1-28-14-5-12-23-37(28)45(29-15-3-2-4-16-29)38-24-13-25-39-42(38)47-43-40(46-39)27-26-36-41(43)32-19-8-11-22-35(32)44(36)33-20-9-6-17-30(33)31-18-7-10-21-34(31)44/h2-27H,1H3. The van der Waals surface area contributed by atoms with E-state index in [1.807, 2.05) is 18.2 Å². The van der Waals surface area contributed by atoms with Gasteiger partial charge >= 0.3 is 0 Å². The molecule has 0 aromatic heterocycles. The van der Waals surface area contributed by atoms with Gasteiger partial charge in [0.05, 0.1) is 11.1 Å². The molecular formula is C44H29NO2. The van der Waals surface area contributed by atoms with Gasteiger partial charge in [-0.05, 0) is 87.8 Å². The fourth-order valence-corrected chi connectivity index (χ4v) is 8.20. The van der Waals surface area contributed by atoms with Gasteiger partial charge in [0.25, 0.3) is 0 Å². The molecule has 7 aromatic carbocycles. The van der Waals surface area contributed by atoms with E-state index in [-0.39, 0.29) is 0 Å². The van der Waals surface area contributed by atoms with Crippen molar-refractivity contribution in [1.82, 2.24) is 0 Å². The normalized spacial score (nSPS) is 13.7. The molecule has 1 spiro atoms. The zero-order valence-electron chi connectivity index (χ0n) is 25.8. The minimum Gasteiger partial charge on any atom is -0.449 e. The highest BCUT2D eigenvalue weighted by atomic mass is 16.6. The molecule has 0 saturated heterocycles. The van der Waals surface area contributed by atoms with E-state index in [1.54, 1.807) is 0 Å². The number of aryl methyl sites for hydroxylation is 1. The minimum absolute atomic E-state index is 0.450. The summed E-state index contributed by atoms with van der Waals surface area (Å²) in [5, 5.41) is 0. The summed E-state index contributed by atoms with van der Waals surface area (Å²) in [7, 11) is 0. The summed E-state index contributed by atoms with van der Waals surface area (Å²) in [4.78, 5) is 2.27. The average Bonchev–Trinajstić information content (AvgIpc) is 3.60. The fourth-order valence-electron chi connectivity index (χ4n) is 8.20. The van der Waals surface area contributed by atoms with Crippen LogP contribution in [0.2, 0.25) is 0 Å². The van der Waals surface area contributed by atoms with Crippen LogP contribution in [-0.4, -0.2) is 0 Å². The maximum atomic E-state index is 7.18. The molecule has 10 rings (SSSR count). The lowest BCUT2D eigenvalue weighted by molar-refractivity contribution is 0.361. The van der Waals surface area contributed by atoms with E-state index < -0.39 is 5.41 Å². The third-order valence-electron chi connectivity index (χ3n) is 10.1. The lowest BCUT2D eigenvalue weighted by Gasteiger charge is -2.32. The van der Waals surface area contributed by atoms with Crippen LogP contribution in [-0.2, 0) is 5.41 Å². The zero-order chi connectivity index (χ0) is 31.1. The molecule has 7 aromatic rings. The number of hydrogen-bond acceptors (Lipinski definition) is 3. The van der Waals surface area contributed by atoms with Gasteiger partial charge in [-0.25, -0.2) is 0 Å². The Morgan fingerprint density at radius 1 is 0.426 bits per heavy atom. The Bertz CT molecular complexity index is 2350. The van der Waals surface area contributed by atoms with Crippen molar-refractivity contribution in [1.29, 1.82) is 0 Å². The first kappa shape index (κ1) is 26.2. The van der Waals surface area contributed by atoms with Gasteiger partial charge in [0.15, 0.2) is 23.0 Å². The first-order valence-corrected chi connectivity index (χ1v) is 16.1. The Morgan fingerprint density at radius 3 is 1.72 bits per heavy atom. The molecule has 3 heteroatoms. The van der Waals surface area contributed by atoms with Crippen molar-refractivity contribution in [3.05, 3.63) is 186 Å². The van der Waals surface area contributed by atoms with Gasteiger partial charge < -0.3 is 14.4 Å². The molecule has 3 aliphatic rings. The first-order valence-electron chi connectivity index (χ1n) is 16.1. The zero-order valence-corrected chi connectivity index (χ0v) is 25.8. The second-order valence-corrected chi connectivity index (χ2v) is 12.5. The molecule has 0 amide bonds. The molecule has 1 heterocycles. The highest BCUT2D eigenvalue weighted by Crippen LogP contribution is 2.66. The smallest absolute Gasteiger partial charge is 0.194 e. The van der Waals surface area contributed by atoms with E-state index >= 15 is 0 Å². The van der Waals surface area contributed by atoms with Gasteiger partial charge in [-0.15, -0.1) is 0 Å². The second kappa shape index (κ2) is 9.72. The average molecular weight is 604 g/mol. The van der Waals surface area contributed by atoms with Crippen molar-refractivity contribution in [2.24, 2.45) is 0 Å². The summed E-state index contributed by atoms with van der Waals surface area (Å²) in [6.45, 7) is 2.15. The van der Waals surface area contributed by atoms with E-state index in [0.717, 1.165) is 34.1 Å². The largest absolute Gasteiger partial charge is 0.449 e. The van der Waals surface area contributed by atoms with Crippen LogP contribution in [0.4, 0.5) is 17.1 Å². The van der Waals surface area contributed by atoms with Crippen molar-refractivity contribution in [3.8, 4) is 45.3 Å². The summed E-state index contributed by atoms with van der Waals surface area (Å²) >= 11 is 0. The van der Waals surface area contributed by atoms with Crippen LogP contribution in [0.3, 0.4) is 0 Å². The van der Waals surface area contributed by atoms with Crippen LogP contribution in [0.5, 0.6) is 23.0 Å². The van der Waals surface area contributed by atoms with Crippen LogP contribution >= 0.6 is 0 Å². The molecule has 0 radical (unpaired) electrons. The Balaban J connectivity index is 1.22. The van der Waals surface area contributed by atoms with Crippen LogP contribution in [0.15, 0.2) is 158 Å². The number of para-hydroxylation sites is 3.